The molecule has 0 saturated heterocycles. The second-order valence-electron chi connectivity index (χ2n) is 5.75. The number of rotatable bonds is 0. The van der Waals surface area contributed by atoms with Crippen molar-refractivity contribution < 1.29 is 0 Å². The van der Waals surface area contributed by atoms with Crippen molar-refractivity contribution in [2.24, 2.45) is 0 Å². The first-order valence-electron chi connectivity index (χ1n) is 6.68. The summed E-state index contributed by atoms with van der Waals surface area (Å²) in [4.78, 5) is 0. The molecule has 3 heteroatoms. The molecule has 14 heavy (non-hydrogen) atoms. The predicted octanol–water partition coefficient (Wildman–Crippen LogP) is 1.39. The minimum Gasteiger partial charge on any atom is -0.0697 e. The highest BCUT2D eigenvalue weighted by Gasteiger charge is 2.11. The van der Waals surface area contributed by atoms with Crippen molar-refractivity contribution in [3.8, 4) is 0 Å². The van der Waals surface area contributed by atoms with Gasteiger partial charge in [0.05, 0.1) is 0 Å². The molecule has 0 aromatic rings. The number of hydrogen-bond donors (Lipinski definition) is 0. The largest absolute Gasteiger partial charge is 0.105 e. The summed E-state index contributed by atoms with van der Waals surface area (Å²) < 4.78 is 0. The molecule has 1 fully saturated rings. The molecule has 1 aliphatic rings. The van der Waals surface area contributed by atoms with Gasteiger partial charge in [-0.1, -0.05) is 68.8 Å². The number of hydrogen-bond acceptors (Lipinski definition) is 0. The SMILES string of the molecule is BC1CCCC(B)CCC(B)CCC1. The zero-order valence-corrected chi connectivity index (χ0v) is 10.4. The summed E-state index contributed by atoms with van der Waals surface area (Å²) in [5.74, 6) is 2.93. The van der Waals surface area contributed by atoms with Gasteiger partial charge in [-0.15, -0.1) is 0 Å². The van der Waals surface area contributed by atoms with Gasteiger partial charge >= 0.3 is 0 Å². The van der Waals surface area contributed by atoms with Crippen LogP contribution in [0, 0.1) is 0 Å². The van der Waals surface area contributed by atoms with Crippen LogP contribution in [0.1, 0.15) is 51.4 Å². The maximum Gasteiger partial charge on any atom is 0.105 e. The average Bonchev–Trinajstić information content (AvgIpc) is 2.16. The molecule has 0 nitrogen and oxygen atoms in total. The molecule has 0 aromatic heterocycles. The smallest absolute Gasteiger partial charge is 0.0697 e. The van der Waals surface area contributed by atoms with Crippen LogP contribution in [0.15, 0.2) is 0 Å². The molecular formula is C11H25B3. The Balaban J connectivity index is 2.33. The zero-order valence-electron chi connectivity index (χ0n) is 10.4. The molecule has 78 valence electrons. The average molecular weight is 190 g/mol. The Bertz CT molecular complexity index is 133. The molecule has 1 aliphatic carbocycles. The van der Waals surface area contributed by atoms with E-state index in [2.05, 4.69) is 23.5 Å². The monoisotopic (exact) mass is 190 g/mol. The van der Waals surface area contributed by atoms with Gasteiger partial charge < -0.3 is 0 Å². The topological polar surface area (TPSA) is 0 Å². The molecular weight excluding hydrogens is 165 g/mol. The predicted molar refractivity (Wildman–Crippen MR) is 73.8 cm³/mol. The first kappa shape index (κ1) is 12.3. The van der Waals surface area contributed by atoms with Crippen LogP contribution in [0.25, 0.3) is 0 Å². The van der Waals surface area contributed by atoms with Gasteiger partial charge in [0.1, 0.15) is 23.5 Å². The molecule has 0 bridgehead atoms. The molecule has 2 atom stereocenters. The van der Waals surface area contributed by atoms with Gasteiger partial charge in [-0.25, -0.2) is 0 Å². The van der Waals surface area contributed by atoms with Gasteiger partial charge in [-0.05, 0) is 0 Å². The second kappa shape index (κ2) is 6.64. The summed E-state index contributed by atoms with van der Waals surface area (Å²) in [7, 11) is 7.32. The van der Waals surface area contributed by atoms with Crippen molar-refractivity contribution in [2.75, 3.05) is 0 Å². The van der Waals surface area contributed by atoms with Crippen LogP contribution in [-0.4, -0.2) is 23.5 Å². The molecule has 0 amide bonds. The van der Waals surface area contributed by atoms with Crippen LogP contribution in [0.4, 0.5) is 0 Å². The van der Waals surface area contributed by atoms with Crippen LogP contribution >= 0.6 is 0 Å². The Hall–Kier alpha value is 0.195. The molecule has 2 unspecified atom stereocenters. The minimum atomic E-state index is 0.975. The van der Waals surface area contributed by atoms with Crippen molar-refractivity contribution in [1.29, 1.82) is 0 Å². The van der Waals surface area contributed by atoms with E-state index in [0.29, 0.717) is 0 Å². The molecule has 1 rings (SSSR count). The molecule has 0 heterocycles. The lowest BCUT2D eigenvalue weighted by atomic mass is 9.73. The van der Waals surface area contributed by atoms with Crippen molar-refractivity contribution in [2.45, 2.75) is 68.8 Å². The summed E-state index contributed by atoms with van der Waals surface area (Å²) in [6.07, 6.45) is 11.8. The Morgan fingerprint density at radius 3 is 1.14 bits per heavy atom. The molecule has 0 aliphatic heterocycles. The quantitative estimate of drug-likeness (QED) is 0.506. The Kier molecular flexibility index (Phi) is 5.81. The standard InChI is InChI=1S/C11H25B3/c12-9-3-1-5-10(13)7-8-11(14)6-2-4-9/h9-11H,1-8,12-14H2. The fourth-order valence-corrected chi connectivity index (χ4v) is 2.63. The van der Waals surface area contributed by atoms with Gasteiger partial charge in [0, 0.05) is 0 Å². The Morgan fingerprint density at radius 2 is 0.786 bits per heavy atom. The Morgan fingerprint density at radius 1 is 0.500 bits per heavy atom. The van der Waals surface area contributed by atoms with Gasteiger partial charge in [0.2, 0.25) is 0 Å². The van der Waals surface area contributed by atoms with Gasteiger partial charge in [-0.2, -0.15) is 0 Å². The minimum absolute atomic E-state index is 0.975. The molecule has 1 saturated carbocycles. The fraction of sp³-hybridized carbons (Fsp3) is 1.00. The van der Waals surface area contributed by atoms with Crippen LogP contribution in [-0.2, 0) is 0 Å². The van der Waals surface area contributed by atoms with E-state index in [-0.39, 0.29) is 0 Å². The second-order valence-corrected chi connectivity index (χ2v) is 5.75. The third kappa shape index (κ3) is 5.17. The lowest BCUT2D eigenvalue weighted by Gasteiger charge is -2.13. The first-order valence-corrected chi connectivity index (χ1v) is 6.68. The van der Waals surface area contributed by atoms with E-state index in [9.17, 15) is 0 Å². The third-order valence-electron chi connectivity index (χ3n) is 3.94. The Labute approximate surface area is 92.8 Å². The van der Waals surface area contributed by atoms with Crippen molar-refractivity contribution >= 4 is 23.5 Å². The third-order valence-corrected chi connectivity index (χ3v) is 3.94. The summed E-state index contributed by atoms with van der Waals surface area (Å²) in [6, 6.07) is 0. The summed E-state index contributed by atoms with van der Waals surface area (Å²) >= 11 is 0. The van der Waals surface area contributed by atoms with E-state index in [1.165, 1.54) is 51.4 Å². The summed E-state index contributed by atoms with van der Waals surface area (Å²) in [6.45, 7) is 0. The van der Waals surface area contributed by atoms with Crippen LogP contribution in [0.3, 0.4) is 0 Å². The van der Waals surface area contributed by atoms with Crippen LogP contribution < -0.4 is 0 Å². The maximum absolute atomic E-state index is 2.44. The highest BCUT2D eigenvalue weighted by Crippen LogP contribution is 2.29. The normalized spacial score (nSPS) is 37.3. The van der Waals surface area contributed by atoms with Gasteiger partial charge in [-0.3, -0.25) is 0 Å². The molecule has 0 N–H and O–H groups in total. The summed E-state index contributed by atoms with van der Waals surface area (Å²) in [5, 5.41) is 0. The van der Waals surface area contributed by atoms with E-state index >= 15 is 0 Å². The van der Waals surface area contributed by atoms with Gasteiger partial charge in [0.25, 0.3) is 0 Å². The van der Waals surface area contributed by atoms with Crippen LogP contribution in [0.2, 0.25) is 17.5 Å². The zero-order chi connectivity index (χ0) is 10.4. The first-order chi connectivity index (χ1) is 6.68. The highest BCUT2D eigenvalue weighted by atomic mass is 14.1. The van der Waals surface area contributed by atoms with E-state index in [4.69, 9.17) is 0 Å². The maximum atomic E-state index is 2.44. The lowest BCUT2D eigenvalue weighted by Crippen LogP contribution is -1.97. The van der Waals surface area contributed by atoms with E-state index in [0.717, 1.165) is 17.5 Å². The fourth-order valence-electron chi connectivity index (χ4n) is 2.63. The van der Waals surface area contributed by atoms with E-state index in [1.54, 1.807) is 0 Å². The molecule has 0 radical (unpaired) electrons. The lowest BCUT2D eigenvalue weighted by molar-refractivity contribution is 0.584. The molecule has 0 spiro atoms. The van der Waals surface area contributed by atoms with Gasteiger partial charge in [0.15, 0.2) is 0 Å². The highest BCUT2D eigenvalue weighted by molar-refractivity contribution is 6.13. The van der Waals surface area contributed by atoms with E-state index in [1.807, 2.05) is 0 Å². The summed E-state index contributed by atoms with van der Waals surface area (Å²) in [5.41, 5.74) is 0. The van der Waals surface area contributed by atoms with Crippen LogP contribution in [0.5, 0.6) is 0 Å². The molecule has 0 aromatic carbocycles. The van der Waals surface area contributed by atoms with Crippen molar-refractivity contribution in [3.63, 3.8) is 0 Å². The van der Waals surface area contributed by atoms with Crippen molar-refractivity contribution in [3.05, 3.63) is 0 Å². The van der Waals surface area contributed by atoms with Crippen molar-refractivity contribution in [1.82, 2.24) is 0 Å². The van der Waals surface area contributed by atoms with E-state index < -0.39 is 0 Å².